The first-order valence-corrected chi connectivity index (χ1v) is 11.0. The minimum absolute atomic E-state index is 0.0871. The van der Waals surface area contributed by atoms with Crippen molar-refractivity contribution in [3.8, 4) is 0 Å². The lowest BCUT2D eigenvalue weighted by molar-refractivity contribution is 0.0491. The third-order valence-electron chi connectivity index (χ3n) is 7.51. The summed E-state index contributed by atoms with van der Waals surface area (Å²) in [6.07, 6.45) is 3.78. The van der Waals surface area contributed by atoms with E-state index in [0.717, 1.165) is 35.5 Å². The first-order valence-electron chi connectivity index (χ1n) is 11.0. The predicted octanol–water partition coefficient (Wildman–Crippen LogP) is 4.67. The maximum absolute atomic E-state index is 13.2. The molecule has 29 heavy (non-hydrogen) atoms. The van der Waals surface area contributed by atoms with E-state index in [4.69, 9.17) is 4.98 Å². The molecule has 0 N–H and O–H groups in total. The van der Waals surface area contributed by atoms with Gasteiger partial charge in [0.05, 0.1) is 13.3 Å². The minimum atomic E-state index is 0.0871. The normalized spacial score (nSPS) is 25.2. The summed E-state index contributed by atoms with van der Waals surface area (Å²) in [6, 6.07) is 6.90. The molecular weight excluding hydrogens is 360 g/mol. The largest absolute Gasteiger partial charge is 0.298 e. The standard InChI is InChI=1S/C24H34N4O/c1-15-9-7-11-21(17(15)3)26-13-27(22-12-8-10-16(2)18(22)4)24-25-20(6)19(5)23(29)28(24)14-26/h8,10,12,15,17,21H,7,9,11,13-14H2,1-6H3. The van der Waals surface area contributed by atoms with Crippen molar-refractivity contribution in [3.63, 3.8) is 0 Å². The predicted molar refractivity (Wildman–Crippen MR) is 119 cm³/mol. The Hall–Kier alpha value is -2.14. The van der Waals surface area contributed by atoms with Crippen LogP contribution in [0.1, 0.15) is 55.5 Å². The fourth-order valence-corrected chi connectivity index (χ4v) is 5.04. The fourth-order valence-electron chi connectivity index (χ4n) is 5.04. The molecule has 0 bridgehead atoms. The van der Waals surface area contributed by atoms with Crippen LogP contribution in [-0.2, 0) is 6.67 Å². The Morgan fingerprint density at radius 2 is 1.76 bits per heavy atom. The summed E-state index contributed by atoms with van der Waals surface area (Å²) in [4.78, 5) is 22.8. The summed E-state index contributed by atoms with van der Waals surface area (Å²) in [5.74, 6) is 2.12. The maximum atomic E-state index is 13.2. The van der Waals surface area contributed by atoms with Gasteiger partial charge >= 0.3 is 0 Å². The number of aromatic nitrogens is 2. The number of hydrogen-bond acceptors (Lipinski definition) is 4. The molecular formula is C24H34N4O. The quantitative estimate of drug-likeness (QED) is 0.742. The summed E-state index contributed by atoms with van der Waals surface area (Å²) in [5, 5.41) is 0. The van der Waals surface area contributed by atoms with Gasteiger partial charge in [-0.05, 0) is 63.1 Å². The summed E-state index contributed by atoms with van der Waals surface area (Å²) in [7, 11) is 0. The monoisotopic (exact) mass is 394 g/mol. The molecule has 0 amide bonds. The SMILES string of the molecule is Cc1cccc(N2CN(C3CCCC(C)C3C)Cn3c2nc(C)c(C)c3=O)c1C. The van der Waals surface area contributed by atoms with Gasteiger partial charge in [-0.15, -0.1) is 0 Å². The van der Waals surface area contributed by atoms with Gasteiger partial charge in [0.15, 0.2) is 0 Å². The molecule has 1 aromatic heterocycles. The average Bonchev–Trinajstić information content (AvgIpc) is 2.70. The van der Waals surface area contributed by atoms with Crippen molar-refractivity contribution in [1.29, 1.82) is 0 Å². The Balaban J connectivity index is 1.84. The third-order valence-corrected chi connectivity index (χ3v) is 7.51. The number of benzene rings is 1. The van der Waals surface area contributed by atoms with Crippen LogP contribution in [0.25, 0.3) is 0 Å². The van der Waals surface area contributed by atoms with E-state index in [9.17, 15) is 4.79 Å². The molecule has 4 rings (SSSR count). The molecule has 3 unspecified atom stereocenters. The van der Waals surface area contributed by atoms with E-state index in [2.05, 4.69) is 55.7 Å². The van der Waals surface area contributed by atoms with Crippen LogP contribution >= 0.6 is 0 Å². The van der Waals surface area contributed by atoms with Gasteiger partial charge in [-0.25, -0.2) is 4.98 Å². The highest BCUT2D eigenvalue weighted by Gasteiger charge is 2.36. The summed E-state index contributed by atoms with van der Waals surface area (Å²) in [5.41, 5.74) is 5.32. The van der Waals surface area contributed by atoms with E-state index < -0.39 is 0 Å². The zero-order valence-corrected chi connectivity index (χ0v) is 18.7. The lowest BCUT2D eigenvalue weighted by Gasteiger charge is -2.47. The van der Waals surface area contributed by atoms with Gasteiger partial charge in [0.1, 0.15) is 0 Å². The van der Waals surface area contributed by atoms with Gasteiger partial charge in [-0.1, -0.05) is 38.8 Å². The van der Waals surface area contributed by atoms with E-state index in [-0.39, 0.29) is 5.56 Å². The first kappa shape index (κ1) is 20.1. The van der Waals surface area contributed by atoms with Crippen molar-refractivity contribution in [2.24, 2.45) is 11.8 Å². The van der Waals surface area contributed by atoms with Crippen molar-refractivity contribution in [2.75, 3.05) is 11.6 Å². The number of anilines is 2. The molecule has 0 saturated heterocycles. The van der Waals surface area contributed by atoms with Gasteiger partial charge in [-0.2, -0.15) is 0 Å². The highest BCUT2D eigenvalue weighted by atomic mass is 16.1. The van der Waals surface area contributed by atoms with Crippen LogP contribution in [-0.4, -0.2) is 27.2 Å². The van der Waals surface area contributed by atoms with E-state index in [1.54, 1.807) is 0 Å². The summed E-state index contributed by atoms with van der Waals surface area (Å²) >= 11 is 0. The number of rotatable bonds is 2. The molecule has 2 heterocycles. The Kier molecular flexibility index (Phi) is 5.28. The minimum Gasteiger partial charge on any atom is -0.298 e. The van der Waals surface area contributed by atoms with Gasteiger partial charge in [0.2, 0.25) is 5.95 Å². The molecule has 1 saturated carbocycles. The van der Waals surface area contributed by atoms with Gasteiger partial charge in [-0.3, -0.25) is 19.2 Å². The molecule has 0 radical (unpaired) electrons. The number of fused-ring (bicyclic) bond motifs is 1. The van der Waals surface area contributed by atoms with Gasteiger partial charge < -0.3 is 0 Å². The highest BCUT2D eigenvalue weighted by Crippen LogP contribution is 2.37. The zero-order chi connectivity index (χ0) is 20.9. The molecule has 2 aliphatic rings. The number of hydrogen-bond donors (Lipinski definition) is 0. The number of nitrogens with zero attached hydrogens (tertiary/aromatic N) is 4. The second kappa shape index (κ2) is 7.60. The molecule has 0 spiro atoms. The van der Waals surface area contributed by atoms with Gasteiger partial charge in [0, 0.05) is 23.0 Å². The van der Waals surface area contributed by atoms with Crippen molar-refractivity contribution in [1.82, 2.24) is 14.5 Å². The van der Waals surface area contributed by atoms with E-state index in [1.807, 2.05) is 18.4 Å². The average molecular weight is 395 g/mol. The lowest BCUT2D eigenvalue weighted by Crippen LogP contribution is -2.54. The second-order valence-corrected chi connectivity index (χ2v) is 9.21. The molecule has 2 aromatic rings. The second-order valence-electron chi connectivity index (χ2n) is 9.21. The first-order chi connectivity index (χ1) is 13.8. The van der Waals surface area contributed by atoms with Crippen LogP contribution in [0.3, 0.4) is 0 Å². The van der Waals surface area contributed by atoms with E-state index in [0.29, 0.717) is 18.6 Å². The van der Waals surface area contributed by atoms with Crippen LogP contribution in [0.5, 0.6) is 0 Å². The van der Waals surface area contributed by atoms with Crippen molar-refractivity contribution >= 4 is 11.6 Å². The summed E-state index contributed by atoms with van der Waals surface area (Å²) in [6.45, 7) is 14.3. The number of aryl methyl sites for hydroxylation is 2. The van der Waals surface area contributed by atoms with Crippen molar-refractivity contribution < 1.29 is 0 Å². The molecule has 156 valence electrons. The van der Waals surface area contributed by atoms with Gasteiger partial charge in [0.25, 0.3) is 5.56 Å². The Labute approximate surface area is 174 Å². The maximum Gasteiger partial charge on any atom is 0.259 e. The third kappa shape index (κ3) is 3.39. The van der Waals surface area contributed by atoms with Crippen molar-refractivity contribution in [3.05, 3.63) is 50.9 Å². The van der Waals surface area contributed by atoms with Crippen molar-refractivity contribution in [2.45, 2.75) is 73.5 Å². The van der Waals surface area contributed by atoms with Crippen LogP contribution in [0.4, 0.5) is 11.6 Å². The molecule has 1 aliphatic heterocycles. The molecule has 1 aliphatic carbocycles. The Morgan fingerprint density at radius 3 is 2.52 bits per heavy atom. The Morgan fingerprint density at radius 1 is 1.00 bits per heavy atom. The zero-order valence-electron chi connectivity index (χ0n) is 18.7. The summed E-state index contributed by atoms with van der Waals surface area (Å²) < 4.78 is 1.89. The van der Waals surface area contributed by atoms with Crippen LogP contribution in [0.2, 0.25) is 0 Å². The smallest absolute Gasteiger partial charge is 0.259 e. The lowest BCUT2D eigenvalue weighted by atomic mass is 9.77. The highest BCUT2D eigenvalue weighted by molar-refractivity contribution is 5.64. The van der Waals surface area contributed by atoms with E-state index in [1.165, 1.54) is 30.4 Å². The molecule has 5 nitrogen and oxygen atoms in total. The molecule has 5 heteroatoms. The van der Waals surface area contributed by atoms with Crippen LogP contribution < -0.4 is 10.5 Å². The van der Waals surface area contributed by atoms with Crippen LogP contribution in [0.15, 0.2) is 23.0 Å². The fraction of sp³-hybridized carbons (Fsp3) is 0.583. The van der Waals surface area contributed by atoms with Crippen LogP contribution in [0, 0.1) is 39.5 Å². The van der Waals surface area contributed by atoms with E-state index >= 15 is 0 Å². The topological polar surface area (TPSA) is 41.4 Å². The molecule has 1 fully saturated rings. The Bertz CT molecular complexity index is 980. The molecule has 1 aromatic carbocycles. The molecule has 3 atom stereocenters.